The summed E-state index contributed by atoms with van der Waals surface area (Å²) in [4.78, 5) is 4.22. The Morgan fingerprint density at radius 1 is 1.40 bits per heavy atom. The molecule has 0 atom stereocenters. The van der Waals surface area contributed by atoms with E-state index in [2.05, 4.69) is 15.6 Å². The topological polar surface area (TPSA) is 46.2 Å². The molecular formula is C11H17N3O. The van der Waals surface area contributed by atoms with Crippen LogP contribution >= 0.6 is 0 Å². The van der Waals surface area contributed by atoms with E-state index < -0.39 is 0 Å². The summed E-state index contributed by atoms with van der Waals surface area (Å²) in [6.07, 6.45) is 4.39. The zero-order valence-electron chi connectivity index (χ0n) is 8.99. The van der Waals surface area contributed by atoms with Gasteiger partial charge in [0.05, 0.1) is 13.3 Å². The SMILES string of the molecule is COc1ccc(NCCNC2CC2)nc1. The van der Waals surface area contributed by atoms with Crippen molar-refractivity contribution in [3.63, 3.8) is 0 Å². The molecule has 0 bridgehead atoms. The molecule has 1 aromatic heterocycles. The van der Waals surface area contributed by atoms with Crippen LogP contribution in [0.3, 0.4) is 0 Å². The van der Waals surface area contributed by atoms with Crippen molar-refractivity contribution in [1.82, 2.24) is 10.3 Å². The number of anilines is 1. The highest BCUT2D eigenvalue weighted by molar-refractivity contribution is 5.37. The molecule has 0 aromatic carbocycles. The van der Waals surface area contributed by atoms with Crippen molar-refractivity contribution in [2.75, 3.05) is 25.5 Å². The van der Waals surface area contributed by atoms with Crippen molar-refractivity contribution in [2.45, 2.75) is 18.9 Å². The molecule has 2 N–H and O–H groups in total. The molecule has 82 valence electrons. The summed E-state index contributed by atoms with van der Waals surface area (Å²) in [6, 6.07) is 4.61. The lowest BCUT2D eigenvalue weighted by atomic mass is 10.4. The van der Waals surface area contributed by atoms with E-state index in [1.54, 1.807) is 13.3 Å². The zero-order valence-corrected chi connectivity index (χ0v) is 8.99. The number of pyridine rings is 1. The van der Waals surface area contributed by atoms with Crippen molar-refractivity contribution >= 4 is 5.82 Å². The van der Waals surface area contributed by atoms with Crippen LogP contribution < -0.4 is 15.4 Å². The second-order valence-electron chi connectivity index (χ2n) is 3.74. The van der Waals surface area contributed by atoms with Crippen LogP contribution in [0.1, 0.15) is 12.8 Å². The van der Waals surface area contributed by atoms with E-state index in [9.17, 15) is 0 Å². The van der Waals surface area contributed by atoms with Gasteiger partial charge >= 0.3 is 0 Å². The first-order chi connectivity index (χ1) is 7.38. The molecule has 0 amide bonds. The first-order valence-corrected chi connectivity index (χ1v) is 5.36. The van der Waals surface area contributed by atoms with E-state index in [0.29, 0.717) is 0 Å². The molecule has 2 rings (SSSR count). The first-order valence-electron chi connectivity index (χ1n) is 5.36. The molecule has 0 radical (unpaired) electrons. The predicted octanol–water partition coefficient (Wildman–Crippen LogP) is 1.25. The molecule has 1 aliphatic carbocycles. The number of hydrogen-bond donors (Lipinski definition) is 2. The van der Waals surface area contributed by atoms with Crippen LogP contribution in [0.25, 0.3) is 0 Å². The Kier molecular flexibility index (Phi) is 3.40. The Bertz CT molecular complexity index is 295. The quantitative estimate of drug-likeness (QED) is 0.689. The predicted molar refractivity (Wildman–Crippen MR) is 60.3 cm³/mol. The number of nitrogens with zero attached hydrogens (tertiary/aromatic N) is 1. The summed E-state index contributed by atoms with van der Waals surface area (Å²) in [7, 11) is 1.64. The number of hydrogen-bond acceptors (Lipinski definition) is 4. The van der Waals surface area contributed by atoms with Gasteiger partial charge in [-0.2, -0.15) is 0 Å². The minimum Gasteiger partial charge on any atom is -0.495 e. The summed E-state index contributed by atoms with van der Waals surface area (Å²) in [5, 5.41) is 6.68. The minimum absolute atomic E-state index is 0.774. The van der Waals surface area contributed by atoms with Crippen LogP contribution in [0.5, 0.6) is 5.75 Å². The lowest BCUT2D eigenvalue weighted by Gasteiger charge is -2.06. The number of ether oxygens (including phenoxy) is 1. The molecule has 0 spiro atoms. The highest BCUT2D eigenvalue weighted by Gasteiger charge is 2.19. The maximum atomic E-state index is 5.03. The van der Waals surface area contributed by atoms with Gasteiger partial charge in [0.25, 0.3) is 0 Å². The maximum Gasteiger partial charge on any atom is 0.137 e. The highest BCUT2D eigenvalue weighted by Crippen LogP contribution is 2.18. The van der Waals surface area contributed by atoms with Gasteiger partial charge in [0, 0.05) is 19.1 Å². The van der Waals surface area contributed by atoms with Gasteiger partial charge < -0.3 is 15.4 Å². The second-order valence-corrected chi connectivity index (χ2v) is 3.74. The second kappa shape index (κ2) is 4.98. The third-order valence-corrected chi connectivity index (χ3v) is 2.41. The Labute approximate surface area is 90.0 Å². The van der Waals surface area contributed by atoms with E-state index in [1.165, 1.54) is 12.8 Å². The number of nitrogens with one attached hydrogen (secondary N) is 2. The van der Waals surface area contributed by atoms with E-state index >= 15 is 0 Å². The van der Waals surface area contributed by atoms with Crippen molar-refractivity contribution in [1.29, 1.82) is 0 Å². The summed E-state index contributed by atoms with van der Waals surface area (Å²) < 4.78 is 5.03. The van der Waals surface area contributed by atoms with Crippen LogP contribution in [0.2, 0.25) is 0 Å². The van der Waals surface area contributed by atoms with Gasteiger partial charge in [0.15, 0.2) is 0 Å². The summed E-state index contributed by atoms with van der Waals surface area (Å²) >= 11 is 0. The first kappa shape index (κ1) is 10.2. The molecule has 4 nitrogen and oxygen atoms in total. The van der Waals surface area contributed by atoms with Gasteiger partial charge in [0.2, 0.25) is 0 Å². The van der Waals surface area contributed by atoms with E-state index in [1.807, 2.05) is 12.1 Å². The molecule has 1 aliphatic rings. The van der Waals surface area contributed by atoms with Gasteiger partial charge in [-0.15, -0.1) is 0 Å². The van der Waals surface area contributed by atoms with Gasteiger partial charge in [0.1, 0.15) is 11.6 Å². The molecule has 1 aromatic rings. The van der Waals surface area contributed by atoms with E-state index in [0.717, 1.165) is 30.7 Å². The van der Waals surface area contributed by atoms with Crippen molar-refractivity contribution in [3.05, 3.63) is 18.3 Å². The lowest BCUT2D eigenvalue weighted by Crippen LogP contribution is -2.24. The smallest absolute Gasteiger partial charge is 0.137 e. The lowest BCUT2D eigenvalue weighted by molar-refractivity contribution is 0.413. The molecule has 15 heavy (non-hydrogen) atoms. The summed E-state index contributed by atoms with van der Waals surface area (Å²) in [6.45, 7) is 1.91. The molecular weight excluding hydrogens is 190 g/mol. The van der Waals surface area contributed by atoms with Crippen LogP contribution in [0, 0.1) is 0 Å². The fourth-order valence-corrected chi connectivity index (χ4v) is 1.36. The molecule has 0 aliphatic heterocycles. The molecule has 1 fully saturated rings. The van der Waals surface area contributed by atoms with Crippen molar-refractivity contribution in [3.8, 4) is 5.75 Å². The fourth-order valence-electron chi connectivity index (χ4n) is 1.36. The Balaban J connectivity index is 1.67. The van der Waals surface area contributed by atoms with Crippen LogP contribution in [-0.2, 0) is 0 Å². The Morgan fingerprint density at radius 2 is 2.27 bits per heavy atom. The average Bonchev–Trinajstić information content (AvgIpc) is 3.09. The number of methoxy groups -OCH3 is 1. The molecule has 0 unspecified atom stereocenters. The van der Waals surface area contributed by atoms with Gasteiger partial charge in [-0.3, -0.25) is 0 Å². The van der Waals surface area contributed by atoms with E-state index in [-0.39, 0.29) is 0 Å². The fraction of sp³-hybridized carbons (Fsp3) is 0.545. The molecule has 4 heteroatoms. The van der Waals surface area contributed by atoms with Crippen LogP contribution in [0.4, 0.5) is 5.82 Å². The van der Waals surface area contributed by atoms with Gasteiger partial charge in [-0.25, -0.2) is 4.98 Å². The van der Waals surface area contributed by atoms with Gasteiger partial charge in [-0.1, -0.05) is 0 Å². The summed E-state index contributed by atoms with van der Waals surface area (Å²) in [5.74, 6) is 1.69. The number of rotatable bonds is 6. The Morgan fingerprint density at radius 3 is 2.87 bits per heavy atom. The largest absolute Gasteiger partial charge is 0.495 e. The number of aromatic nitrogens is 1. The molecule has 0 saturated heterocycles. The van der Waals surface area contributed by atoms with Crippen molar-refractivity contribution < 1.29 is 4.74 Å². The van der Waals surface area contributed by atoms with Crippen LogP contribution in [0.15, 0.2) is 18.3 Å². The Hall–Kier alpha value is -1.29. The normalized spacial score (nSPS) is 15.0. The molecule has 1 saturated carbocycles. The third-order valence-electron chi connectivity index (χ3n) is 2.41. The molecule has 1 heterocycles. The standard InChI is InChI=1S/C11H17N3O/c1-15-10-4-5-11(14-8-10)13-7-6-12-9-2-3-9/h4-5,8-9,12H,2-3,6-7H2,1H3,(H,13,14). The van der Waals surface area contributed by atoms with Crippen molar-refractivity contribution in [2.24, 2.45) is 0 Å². The van der Waals surface area contributed by atoms with E-state index in [4.69, 9.17) is 4.74 Å². The minimum atomic E-state index is 0.774. The average molecular weight is 207 g/mol. The summed E-state index contributed by atoms with van der Waals surface area (Å²) in [5.41, 5.74) is 0. The van der Waals surface area contributed by atoms with Crippen LogP contribution in [-0.4, -0.2) is 31.2 Å². The maximum absolute atomic E-state index is 5.03. The highest BCUT2D eigenvalue weighted by atomic mass is 16.5. The monoisotopic (exact) mass is 207 g/mol. The third kappa shape index (κ3) is 3.40. The van der Waals surface area contributed by atoms with Gasteiger partial charge in [-0.05, 0) is 25.0 Å². The zero-order chi connectivity index (χ0) is 10.5.